The van der Waals surface area contributed by atoms with E-state index in [4.69, 9.17) is 4.42 Å². The summed E-state index contributed by atoms with van der Waals surface area (Å²) in [6, 6.07) is 2.05. The lowest BCUT2D eigenvalue weighted by atomic mass is 10.2. The van der Waals surface area contributed by atoms with Crippen molar-refractivity contribution in [1.29, 1.82) is 0 Å². The van der Waals surface area contributed by atoms with Gasteiger partial charge in [-0.05, 0) is 30.6 Å². The van der Waals surface area contributed by atoms with Gasteiger partial charge in [-0.15, -0.1) is 0 Å². The lowest BCUT2D eigenvalue weighted by Crippen LogP contribution is -2.48. The molecule has 0 aromatic carbocycles. The van der Waals surface area contributed by atoms with Crippen molar-refractivity contribution in [3.63, 3.8) is 0 Å². The molecule has 0 radical (unpaired) electrons. The monoisotopic (exact) mass is 242 g/mol. The number of amides is 1. The van der Waals surface area contributed by atoms with E-state index in [0.717, 1.165) is 0 Å². The van der Waals surface area contributed by atoms with E-state index in [0.29, 0.717) is 12.2 Å². The molecule has 1 atom stereocenters. The number of rotatable bonds is 6. The van der Waals surface area contributed by atoms with Crippen LogP contribution in [0.15, 0.2) is 22.8 Å². The van der Waals surface area contributed by atoms with E-state index in [9.17, 15) is 14.7 Å². The quantitative estimate of drug-likeness (QED) is 0.752. The Kier molecular flexibility index (Phi) is 4.91. The molecule has 0 aliphatic carbocycles. The lowest BCUT2D eigenvalue weighted by Gasteiger charge is -2.18. The zero-order chi connectivity index (χ0) is 12.0. The SMILES string of the molecule is CSCC[C@H](NC(=O)c1ccco1)C(=O)[O-]. The molecule has 1 N–H and O–H groups in total. The summed E-state index contributed by atoms with van der Waals surface area (Å²) >= 11 is 1.51. The number of carbonyl (C=O) groups is 2. The highest BCUT2D eigenvalue weighted by molar-refractivity contribution is 7.98. The Hall–Kier alpha value is -1.43. The summed E-state index contributed by atoms with van der Waals surface area (Å²) in [6.45, 7) is 0. The minimum absolute atomic E-state index is 0.0930. The number of carbonyl (C=O) groups excluding carboxylic acids is 2. The van der Waals surface area contributed by atoms with Gasteiger partial charge in [0, 0.05) is 0 Å². The summed E-state index contributed by atoms with van der Waals surface area (Å²) in [4.78, 5) is 22.2. The van der Waals surface area contributed by atoms with Crippen LogP contribution in [0.4, 0.5) is 0 Å². The summed E-state index contributed by atoms with van der Waals surface area (Å²) < 4.78 is 4.85. The van der Waals surface area contributed by atoms with Gasteiger partial charge in [0.05, 0.1) is 18.3 Å². The fraction of sp³-hybridized carbons (Fsp3) is 0.400. The Morgan fingerprint density at radius 2 is 2.38 bits per heavy atom. The highest BCUT2D eigenvalue weighted by Crippen LogP contribution is 2.03. The first-order valence-corrected chi connectivity index (χ1v) is 6.08. The van der Waals surface area contributed by atoms with Crippen LogP contribution >= 0.6 is 11.8 Å². The molecule has 88 valence electrons. The van der Waals surface area contributed by atoms with Gasteiger partial charge in [0.2, 0.25) is 0 Å². The van der Waals surface area contributed by atoms with Crippen LogP contribution in [0.5, 0.6) is 0 Å². The zero-order valence-electron chi connectivity index (χ0n) is 8.76. The van der Waals surface area contributed by atoms with Crippen LogP contribution in [0.25, 0.3) is 0 Å². The molecule has 6 heteroatoms. The fourth-order valence-corrected chi connectivity index (χ4v) is 1.59. The van der Waals surface area contributed by atoms with E-state index in [1.807, 2.05) is 6.26 Å². The minimum atomic E-state index is -1.28. The first kappa shape index (κ1) is 12.6. The molecular formula is C10H12NO4S-. The first-order valence-electron chi connectivity index (χ1n) is 4.69. The summed E-state index contributed by atoms with van der Waals surface area (Å²) in [5.41, 5.74) is 0. The molecule has 16 heavy (non-hydrogen) atoms. The van der Waals surface area contributed by atoms with Gasteiger partial charge in [-0.1, -0.05) is 0 Å². The molecule has 0 fully saturated rings. The van der Waals surface area contributed by atoms with Crippen LogP contribution < -0.4 is 10.4 Å². The molecule has 1 aromatic rings. The Labute approximate surface area is 97.2 Å². The third kappa shape index (κ3) is 3.62. The number of carboxylic acid groups (broad SMARTS) is 1. The normalized spacial score (nSPS) is 12.1. The van der Waals surface area contributed by atoms with Gasteiger partial charge < -0.3 is 19.6 Å². The van der Waals surface area contributed by atoms with Gasteiger partial charge in [0.1, 0.15) is 0 Å². The Bertz CT molecular complexity index is 350. The smallest absolute Gasteiger partial charge is 0.287 e. The maximum atomic E-state index is 11.5. The highest BCUT2D eigenvalue weighted by Gasteiger charge is 2.15. The van der Waals surface area contributed by atoms with Crippen molar-refractivity contribution in [2.24, 2.45) is 0 Å². The summed E-state index contributed by atoms with van der Waals surface area (Å²) in [5, 5.41) is 13.1. The Morgan fingerprint density at radius 1 is 1.62 bits per heavy atom. The average Bonchev–Trinajstić information content (AvgIpc) is 2.76. The van der Waals surface area contributed by atoms with Gasteiger partial charge in [-0.3, -0.25) is 4.79 Å². The molecule has 0 spiro atoms. The average molecular weight is 242 g/mol. The third-order valence-electron chi connectivity index (χ3n) is 1.95. The maximum Gasteiger partial charge on any atom is 0.287 e. The number of hydrogen-bond acceptors (Lipinski definition) is 5. The largest absolute Gasteiger partial charge is 0.548 e. The zero-order valence-corrected chi connectivity index (χ0v) is 9.58. The molecule has 0 saturated heterocycles. The number of hydrogen-bond donors (Lipinski definition) is 1. The summed E-state index contributed by atoms with van der Waals surface area (Å²) in [7, 11) is 0. The summed E-state index contributed by atoms with van der Waals surface area (Å²) in [5.74, 6) is -1.10. The topological polar surface area (TPSA) is 82.4 Å². The highest BCUT2D eigenvalue weighted by atomic mass is 32.2. The minimum Gasteiger partial charge on any atom is -0.548 e. The van der Waals surface area contributed by atoms with Gasteiger partial charge in [-0.2, -0.15) is 11.8 Å². The second kappa shape index (κ2) is 6.22. The number of furan rings is 1. The molecule has 1 aromatic heterocycles. The molecule has 0 saturated carbocycles. The number of aliphatic carboxylic acids is 1. The molecule has 0 aliphatic rings. The summed E-state index contributed by atoms with van der Waals surface area (Å²) in [6.07, 6.45) is 3.54. The van der Waals surface area contributed by atoms with Crippen molar-refractivity contribution in [2.75, 3.05) is 12.0 Å². The van der Waals surface area contributed by atoms with Crippen LogP contribution in [-0.4, -0.2) is 29.9 Å². The van der Waals surface area contributed by atoms with E-state index < -0.39 is 17.9 Å². The lowest BCUT2D eigenvalue weighted by molar-refractivity contribution is -0.308. The predicted molar refractivity (Wildman–Crippen MR) is 58.0 cm³/mol. The molecule has 0 unspecified atom stereocenters. The molecule has 0 aliphatic heterocycles. The fourth-order valence-electron chi connectivity index (χ4n) is 1.12. The molecular weight excluding hydrogens is 230 g/mol. The van der Waals surface area contributed by atoms with E-state index in [-0.39, 0.29) is 5.76 Å². The van der Waals surface area contributed by atoms with Gasteiger partial charge in [-0.25, -0.2) is 0 Å². The maximum absolute atomic E-state index is 11.5. The van der Waals surface area contributed by atoms with Crippen molar-refractivity contribution in [3.05, 3.63) is 24.2 Å². The van der Waals surface area contributed by atoms with Gasteiger partial charge >= 0.3 is 0 Å². The van der Waals surface area contributed by atoms with Gasteiger partial charge in [0.15, 0.2) is 5.76 Å². The van der Waals surface area contributed by atoms with Crippen molar-refractivity contribution in [3.8, 4) is 0 Å². The Morgan fingerprint density at radius 3 is 2.88 bits per heavy atom. The van der Waals surface area contributed by atoms with Crippen LogP contribution in [0.3, 0.4) is 0 Å². The number of carboxylic acids is 1. The van der Waals surface area contributed by atoms with Crippen LogP contribution in [-0.2, 0) is 4.79 Å². The molecule has 1 heterocycles. The van der Waals surface area contributed by atoms with E-state index in [1.165, 1.54) is 24.1 Å². The number of nitrogens with one attached hydrogen (secondary N) is 1. The van der Waals surface area contributed by atoms with E-state index >= 15 is 0 Å². The van der Waals surface area contributed by atoms with E-state index in [2.05, 4.69) is 5.32 Å². The second-order valence-corrected chi connectivity index (χ2v) is 4.09. The van der Waals surface area contributed by atoms with Crippen LogP contribution in [0.2, 0.25) is 0 Å². The van der Waals surface area contributed by atoms with Crippen molar-refractivity contribution in [2.45, 2.75) is 12.5 Å². The van der Waals surface area contributed by atoms with Crippen molar-refractivity contribution in [1.82, 2.24) is 5.32 Å². The molecule has 5 nitrogen and oxygen atoms in total. The van der Waals surface area contributed by atoms with E-state index in [1.54, 1.807) is 6.07 Å². The Balaban J connectivity index is 2.54. The standard InChI is InChI=1S/C10H13NO4S/c1-16-6-4-7(10(13)14)11-9(12)8-3-2-5-15-8/h2-3,5,7H,4,6H2,1H3,(H,11,12)(H,13,14)/p-1/t7-/m0/s1. The van der Waals surface area contributed by atoms with Crippen LogP contribution in [0, 0.1) is 0 Å². The molecule has 1 amide bonds. The third-order valence-corrected chi connectivity index (χ3v) is 2.59. The molecule has 0 bridgehead atoms. The molecule has 1 rings (SSSR count). The van der Waals surface area contributed by atoms with Crippen molar-refractivity contribution < 1.29 is 19.1 Å². The second-order valence-electron chi connectivity index (χ2n) is 3.10. The first-order chi connectivity index (χ1) is 7.65. The van der Waals surface area contributed by atoms with Crippen LogP contribution in [0.1, 0.15) is 17.0 Å². The predicted octanol–water partition coefficient (Wildman–Crippen LogP) is -0.119. The number of thioether (sulfide) groups is 1. The van der Waals surface area contributed by atoms with Gasteiger partial charge in [0.25, 0.3) is 5.91 Å². The van der Waals surface area contributed by atoms with Crippen molar-refractivity contribution >= 4 is 23.6 Å².